The van der Waals surface area contributed by atoms with Crippen LogP contribution in [0.1, 0.15) is 10.7 Å². The van der Waals surface area contributed by atoms with Gasteiger partial charge in [0.2, 0.25) is 0 Å². The summed E-state index contributed by atoms with van der Waals surface area (Å²) < 4.78 is 21.2. The normalized spacial score (nSPS) is 10.9. The molecule has 2 aromatic heterocycles. The van der Waals surface area contributed by atoms with Crippen molar-refractivity contribution < 1.29 is 14.2 Å². The summed E-state index contributed by atoms with van der Waals surface area (Å²) in [5.41, 5.74) is -0.928. The summed E-state index contributed by atoms with van der Waals surface area (Å²) in [6.07, 6.45) is 1.62. The Morgan fingerprint density at radius 2 is 2.16 bits per heavy atom. The summed E-state index contributed by atoms with van der Waals surface area (Å²) in [6.45, 7) is 1.57. The molecule has 0 atom stereocenters. The molecule has 0 saturated carbocycles. The molecule has 0 spiro atoms. The molecule has 0 bridgehead atoms. The Bertz CT molecular complexity index is 989. The van der Waals surface area contributed by atoms with Crippen molar-refractivity contribution in [3.05, 3.63) is 55.6 Å². The molecule has 1 N–H and O–H groups in total. The standard InChI is InChI=1S/C16H13ClFN3O3S/c1-8-14(22)13(16(23)21(2)20-8)12-10(18)4-3-9(17)15(12)24-7-11-19-5-6-25-11/h3-6,22H,7H2,1-2H3. The van der Waals surface area contributed by atoms with E-state index in [1.165, 1.54) is 31.4 Å². The molecule has 0 aliphatic carbocycles. The molecule has 6 nitrogen and oxygen atoms in total. The molecule has 1 aromatic carbocycles. The lowest BCUT2D eigenvalue weighted by Crippen LogP contribution is -2.23. The Kier molecular flexibility index (Phi) is 4.73. The van der Waals surface area contributed by atoms with Crippen molar-refractivity contribution in [3.8, 4) is 22.6 Å². The fraction of sp³-hybridized carbons (Fsp3) is 0.188. The summed E-state index contributed by atoms with van der Waals surface area (Å²) in [6, 6.07) is 2.44. The Balaban J connectivity index is 2.20. The zero-order chi connectivity index (χ0) is 18.1. The molecule has 0 aliphatic rings. The van der Waals surface area contributed by atoms with E-state index in [0.717, 1.165) is 10.7 Å². The van der Waals surface area contributed by atoms with Crippen molar-refractivity contribution in [3.63, 3.8) is 0 Å². The first-order chi connectivity index (χ1) is 11.9. The van der Waals surface area contributed by atoms with Crippen molar-refractivity contribution in [2.24, 2.45) is 7.05 Å². The molecule has 0 saturated heterocycles. The number of aromatic hydroxyl groups is 1. The number of benzene rings is 1. The zero-order valence-corrected chi connectivity index (χ0v) is 14.9. The molecule has 0 aliphatic heterocycles. The smallest absolute Gasteiger partial charge is 0.278 e. The summed E-state index contributed by atoms with van der Waals surface area (Å²) in [4.78, 5) is 16.5. The van der Waals surface area contributed by atoms with Crippen LogP contribution in [0.5, 0.6) is 11.5 Å². The van der Waals surface area contributed by atoms with Crippen LogP contribution in [-0.2, 0) is 13.7 Å². The number of aryl methyl sites for hydroxylation is 2. The summed E-state index contributed by atoms with van der Waals surface area (Å²) in [5, 5.41) is 16.7. The van der Waals surface area contributed by atoms with Crippen LogP contribution < -0.4 is 10.3 Å². The van der Waals surface area contributed by atoms with Crippen LogP contribution in [0.3, 0.4) is 0 Å². The molecule has 0 amide bonds. The number of hydrogen-bond donors (Lipinski definition) is 1. The lowest BCUT2D eigenvalue weighted by atomic mass is 10.0. The third-order valence-corrected chi connectivity index (χ3v) is 4.57. The summed E-state index contributed by atoms with van der Waals surface area (Å²) in [5.74, 6) is -1.19. The monoisotopic (exact) mass is 381 g/mol. The van der Waals surface area contributed by atoms with Crippen molar-refractivity contribution in [2.75, 3.05) is 0 Å². The van der Waals surface area contributed by atoms with E-state index >= 15 is 0 Å². The Morgan fingerprint density at radius 3 is 2.84 bits per heavy atom. The van der Waals surface area contributed by atoms with Gasteiger partial charge in [-0.3, -0.25) is 4.79 Å². The van der Waals surface area contributed by atoms with Gasteiger partial charge in [0, 0.05) is 18.6 Å². The fourth-order valence-electron chi connectivity index (χ4n) is 2.35. The number of aromatic nitrogens is 3. The summed E-state index contributed by atoms with van der Waals surface area (Å²) >= 11 is 7.53. The number of rotatable bonds is 4. The van der Waals surface area contributed by atoms with Crippen LogP contribution in [0.15, 0.2) is 28.5 Å². The minimum atomic E-state index is -0.739. The van der Waals surface area contributed by atoms with Crippen molar-refractivity contribution in [1.29, 1.82) is 0 Å². The zero-order valence-electron chi connectivity index (χ0n) is 13.3. The van der Waals surface area contributed by atoms with Gasteiger partial charge < -0.3 is 9.84 Å². The number of nitrogens with zero attached hydrogens (tertiary/aromatic N) is 3. The van der Waals surface area contributed by atoms with Crippen LogP contribution in [0.2, 0.25) is 5.02 Å². The maximum absolute atomic E-state index is 14.6. The van der Waals surface area contributed by atoms with Crippen molar-refractivity contribution in [1.82, 2.24) is 14.8 Å². The Hall–Kier alpha value is -2.45. The predicted octanol–water partition coefficient (Wildman–Crippen LogP) is 3.29. The van der Waals surface area contributed by atoms with Crippen LogP contribution in [0.25, 0.3) is 11.1 Å². The fourth-order valence-corrected chi connectivity index (χ4v) is 3.09. The van der Waals surface area contributed by atoms with E-state index in [1.807, 2.05) is 0 Å². The number of halogens is 2. The summed E-state index contributed by atoms with van der Waals surface area (Å²) in [7, 11) is 1.41. The minimum absolute atomic E-state index is 0.0325. The third-order valence-electron chi connectivity index (χ3n) is 3.52. The molecule has 0 fully saturated rings. The van der Waals surface area contributed by atoms with Gasteiger partial charge >= 0.3 is 0 Å². The molecule has 0 unspecified atom stereocenters. The van der Waals surface area contributed by atoms with E-state index in [2.05, 4.69) is 10.1 Å². The highest BCUT2D eigenvalue weighted by molar-refractivity contribution is 7.09. The average molecular weight is 382 g/mol. The first kappa shape index (κ1) is 17.4. The van der Waals surface area contributed by atoms with Gasteiger partial charge in [-0.15, -0.1) is 11.3 Å². The average Bonchev–Trinajstić information content (AvgIpc) is 3.09. The molecule has 3 aromatic rings. The van der Waals surface area contributed by atoms with E-state index in [0.29, 0.717) is 5.01 Å². The molecule has 3 rings (SSSR count). The Morgan fingerprint density at radius 1 is 1.40 bits per heavy atom. The topological polar surface area (TPSA) is 77.2 Å². The second-order valence-corrected chi connectivity index (χ2v) is 6.57. The Labute approximate surface area is 151 Å². The van der Waals surface area contributed by atoms with Gasteiger partial charge in [0.05, 0.1) is 16.1 Å². The minimum Gasteiger partial charge on any atom is -0.505 e. The first-order valence-electron chi connectivity index (χ1n) is 7.16. The number of ether oxygens (including phenoxy) is 1. The van der Waals surface area contributed by atoms with Gasteiger partial charge in [-0.05, 0) is 19.1 Å². The van der Waals surface area contributed by atoms with E-state index in [9.17, 15) is 14.3 Å². The second kappa shape index (κ2) is 6.81. The lowest BCUT2D eigenvalue weighted by molar-refractivity contribution is 0.305. The maximum Gasteiger partial charge on any atom is 0.278 e. The molecular formula is C16H13ClFN3O3S. The first-order valence-corrected chi connectivity index (χ1v) is 8.42. The second-order valence-electron chi connectivity index (χ2n) is 5.19. The highest BCUT2D eigenvalue weighted by Gasteiger charge is 2.24. The quantitative estimate of drug-likeness (QED) is 0.750. The van der Waals surface area contributed by atoms with E-state index in [4.69, 9.17) is 16.3 Å². The van der Waals surface area contributed by atoms with Gasteiger partial charge in [-0.1, -0.05) is 11.6 Å². The molecule has 0 radical (unpaired) electrons. The van der Waals surface area contributed by atoms with Gasteiger partial charge in [0.1, 0.15) is 28.9 Å². The van der Waals surface area contributed by atoms with Gasteiger partial charge in [-0.25, -0.2) is 14.1 Å². The number of thiazole rings is 1. The van der Waals surface area contributed by atoms with E-state index in [-0.39, 0.29) is 34.2 Å². The van der Waals surface area contributed by atoms with Crippen molar-refractivity contribution >= 4 is 22.9 Å². The van der Waals surface area contributed by atoms with Crippen molar-refractivity contribution in [2.45, 2.75) is 13.5 Å². The largest absolute Gasteiger partial charge is 0.505 e. The van der Waals surface area contributed by atoms with E-state index < -0.39 is 17.1 Å². The van der Waals surface area contributed by atoms with Crippen LogP contribution in [0.4, 0.5) is 4.39 Å². The molecular weight excluding hydrogens is 369 g/mol. The predicted molar refractivity (Wildman–Crippen MR) is 92.7 cm³/mol. The molecule has 25 heavy (non-hydrogen) atoms. The van der Waals surface area contributed by atoms with Crippen LogP contribution >= 0.6 is 22.9 Å². The molecule has 2 heterocycles. The molecule has 130 valence electrons. The highest BCUT2D eigenvalue weighted by Crippen LogP contribution is 2.41. The van der Waals surface area contributed by atoms with Gasteiger partial charge in [-0.2, -0.15) is 5.10 Å². The lowest BCUT2D eigenvalue weighted by Gasteiger charge is -2.15. The maximum atomic E-state index is 14.6. The van der Waals surface area contributed by atoms with Crippen LogP contribution in [-0.4, -0.2) is 19.9 Å². The third kappa shape index (κ3) is 3.22. The van der Waals surface area contributed by atoms with Crippen LogP contribution in [0, 0.1) is 12.7 Å². The number of hydrogen-bond acceptors (Lipinski definition) is 6. The van der Waals surface area contributed by atoms with E-state index in [1.54, 1.807) is 11.6 Å². The SMILES string of the molecule is Cc1nn(C)c(=O)c(-c2c(F)ccc(Cl)c2OCc2nccs2)c1O. The van der Waals surface area contributed by atoms with Gasteiger partial charge in [0.25, 0.3) is 5.56 Å². The molecule has 9 heteroatoms. The highest BCUT2D eigenvalue weighted by atomic mass is 35.5. The van der Waals surface area contributed by atoms with Gasteiger partial charge in [0.15, 0.2) is 5.75 Å².